The molecule has 0 saturated heterocycles. The zero-order valence-electron chi connectivity index (χ0n) is 10.4. The number of carbonyl (C=O) groups excluding carboxylic acids is 1. The summed E-state index contributed by atoms with van der Waals surface area (Å²) in [7, 11) is 0. The molecule has 0 bridgehead atoms. The van der Waals surface area contributed by atoms with Crippen LogP contribution in [0.2, 0.25) is 0 Å². The number of nitrogens with two attached hydrogens (primary N) is 1. The van der Waals surface area contributed by atoms with E-state index in [2.05, 4.69) is 9.97 Å². The number of aromatic nitrogens is 2. The van der Waals surface area contributed by atoms with E-state index in [0.717, 1.165) is 0 Å². The Morgan fingerprint density at radius 2 is 2.26 bits per heavy atom. The average molecular weight is 275 g/mol. The maximum absolute atomic E-state index is 11.8. The molecule has 0 aliphatic heterocycles. The van der Waals surface area contributed by atoms with Crippen molar-refractivity contribution in [2.24, 2.45) is 0 Å². The van der Waals surface area contributed by atoms with E-state index >= 15 is 0 Å². The summed E-state index contributed by atoms with van der Waals surface area (Å²) >= 11 is 0. The predicted molar refractivity (Wildman–Crippen MR) is 62.9 cm³/mol. The second kappa shape index (κ2) is 7.57. The first-order valence-electron chi connectivity index (χ1n) is 5.69. The monoisotopic (exact) mass is 275 g/mol. The average Bonchev–Trinajstić information content (AvgIpc) is 2.34. The molecule has 0 saturated carbocycles. The lowest BCUT2D eigenvalue weighted by molar-refractivity contribution is 0.0182. The minimum absolute atomic E-state index is 0.00249. The van der Waals surface area contributed by atoms with Crippen molar-refractivity contribution in [1.29, 1.82) is 0 Å². The summed E-state index contributed by atoms with van der Waals surface area (Å²) in [6, 6.07) is 0. The zero-order chi connectivity index (χ0) is 14.3. The van der Waals surface area contributed by atoms with Crippen LogP contribution in [0.5, 0.6) is 0 Å². The summed E-state index contributed by atoms with van der Waals surface area (Å²) in [5.74, 6) is -0.280. The number of carbonyl (C=O) groups is 1. The Morgan fingerprint density at radius 3 is 2.84 bits per heavy atom. The number of hydrogen-bond acceptors (Lipinski definition) is 6. The lowest BCUT2D eigenvalue weighted by Crippen LogP contribution is -2.13. The van der Waals surface area contributed by atoms with Crippen molar-refractivity contribution in [3.8, 4) is 0 Å². The van der Waals surface area contributed by atoms with Crippen LogP contribution in [0.1, 0.15) is 23.1 Å². The molecule has 0 fully saturated rings. The molecule has 1 aromatic rings. The van der Waals surface area contributed by atoms with Gasteiger partial charge < -0.3 is 15.2 Å². The SMILES string of the molecule is CCOC(=O)c1cnc(CCOCC(F)F)nc1N. The van der Waals surface area contributed by atoms with Gasteiger partial charge in [-0.2, -0.15) is 0 Å². The van der Waals surface area contributed by atoms with Crippen LogP contribution in [-0.2, 0) is 15.9 Å². The summed E-state index contributed by atoms with van der Waals surface area (Å²) < 4.78 is 33.1. The minimum Gasteiger partial charge on any atom is -0.462 e. The van der Waals surface area contributed by atoms with Gasteiger partial charge in [-0.1, -0.05) is 0 Å². The second-order valence-corrected chi connectivity index (χ2v) is 3.52. The standard InChI is InChI=1S/C11H15F2N3O3/c1-2-19-11(17)7-5-15-9(16-10(7)14)3-4-18-6-8(12)13/h5,8H,2-4,6H2,1H3,(H2,14,15,16). The minimum atomic E-state index is -2.50. The van der Waals surface area contributed by atoms with Gasteiger partial charge in [-0.25, -0.2) is 23.5 Å². The lowest BCUT2D eigenvalue weighted by atomic mass is 10.3. The van der Waals surface area contributed by atoms with Gasteiger partial charge in [0.15, 0.2) is 0 Å². The number of nitrogen functional groups attached to an aromatic ring is 1. The highest BCUT2D eigenvalue weighted by molar-refractivity contribution is 5.93. The largest absolute Gasteiger partial charge is 0.462 e. The number of anilines is 1. The number of hydrogen-bond donors (Lipinski definition) is 1. The Kier molecular flexibility index (Phi) is 6.07. The quantitative estimate of drug-likeness (QED) is 0.591. The normalized spacial score (nSPS) is 10.7. The van der Waals surface area contributed by atoms with E-state index in [-0.39, 0.29) is 31.0 Å². The highest BCUT2D eigenvalue weighted by Gasteiger charge is 2.13. The fraction of sp³-hybridized carbons (Fsp3) is 0.545. The highest BCUT2D eigenvalue weighted by atomic mass is 19.3. The number of nitrogens with zero attached hydrogens (tertiary/aromatic N) is 2. The van der Waals surface area contributed by atoms with Gasteiger partial charge in [0, 0.05) is 12.6 Å². The molecule has 19 heavy (non-hydrogen) atoms. The van der Waals surface area contributed by atoms with E-state index in [1.165, 1.54) is 6.20 Å². The summed E-state index contributed by atoms with van der Waals surface area (Å²) in [6.45, 7) is 1.32. The van der Waals surface area contributed by atoms with Crippen LogP contribution < -0.4 is 5.73 Å². The molecular weight excluding hydrogens is 260 g/mol. The fourth-order valence-electron chi connectivity index (χ4n) is 1.26. The summed E-state index contributed by atoms with van der Waals surface area (Å²) in [6.07, 6.45) is -1.01. The van der Waals surface area contributed by atoms with E-state index in [0.29, 0.717) is 5.82 Å². The van der Waals surface area contributed by atoms with Gasteiger partial charge >= 0.3 is 5.97 Å². The van der Waals surface area contributed by atoms with Crippen LogP contribution in [0.3, 0.4) is 0 Å². The molecule has 0 spiro atoms. The smallest absolute Gasteiger partial charge is 0.343 e. The Hall–Kier alpha value is -1.83. The van der Waals surface area contributed by atoms with Crippen molar-refractivity contribution in [2.45, 2.75) is 19.8 Å². The maximum Gasteiger partial charge on any atom is 0.343 e. The number of alkyl halides is 2. The van der Waals surface area contributed by atoms with Gasteiger partial charge in [0.2, 0.25) is 0 Å². The van der Waals surface area contributed by atoms with Crippen molar-refractivity contribution in [2.75, 3.05) is 25.6 Å². The molecule has 0 amide bonds. The topological polar surface area (TPSA) is 87.3 Å². The van der Waals surface area contributed by atoms with Gasteiger partial charge in [0.1, 0.15) is 23.8 Å². The first kappa shape index (κ1) is 15.2. The molecule has 6 nitrogen and oxygen atoms in total. The fourth-order valence-corrected chi connectivity index (χ4v) is 1.26. The highest BCUT2D eigenvalue weighted by Crippen LogP contribution is 2.09. The van der Waals surface area contributed by atoms with Crippen LogP contribution in [0, 0.1) is 0 Å². The third-order valence-corrected chi connectivity index (χ3v) is 2.08. The van der Waals surface area contributed by atoms with Crippen molar-refractivity contribution < 1.29 is 23.0 Å². The van der Waals surface area contributed by atoms with Crippen molar-refractivity contribution in [3.05, 3.63) is 17.6 Å². The van der Waals surface area contributed by atoms with Crippen LogP contribution in [-0.4, -0.2) is 42.2 Å². The van der Waals surface area contributed by atoms with Crippen LogP contribution in [0.25, 0.3) is 0 Å². The lowest BCUT2D eigenvalue weighted by Gasteiger charge is -2.06. The van der Waals surface area contributed by atoms with Gasteiger partial charge in [0.25, 0.3) is 6.43 Å². The predicted octanol–water partition coefficient (Wildman–Crippen LogP) is 1.06. The molecule has 1 rings (SSSR count). The molecule has 0 aliphatic carbocycles. The number of rotatable bonds is 7. The van der Waals surface area contributed by atoms with E-state index in [9.17, 15) is 13.6 Å². The molecule has 0 aliphatic rings. The second-order valence-electron chi connectivity index (χ2n) is 3.52. The third-order valence-electron chi connectivity index (χ3n) is 2.08. The first-order valence-corrected chi connectivity index (χ1v) is 5.69. The van der Waals surface area contributed by atoms with Crippen LogP contribution >= 0.6 is 0 Å². The molecule has 1 aromatic heterocycles. The Morgan fingerprint density at radius 1 is 1.53 bits per heavy atom. The first-order chi connectivity index (χ1) is 9.04. The molecular formula is C11H15F2N3O3. The molecule has 8 heteroatoms. The van der Waals surface area contributed by atoms with Crippen molar-refractivity contribution in [1.82, 2.24) is 9.97 Å². The molecule has 0 unspecified atom stereocenters. The number of ether oxygens (including phenoxy) is 2. The van der Waals surface area contributed by atoms with E-state index in [4.69, 9.17) is 15.2 Å². The van der Waals surface area contributed by atoms with Gasteiger partial charge in [-0.05, 0) is 6.92 Å². The molecule has 1 heterocycles. The van der Waals surface area contributed by atoms with E-state index < -0.39 is 19.0 Å². The zero-order valence-corrected chi connectivity index (χ0v) is 10.4. The van der Waals surface area contributed by atoms with Crippen molar-refractivity contribution in [3.63, 3.8) is 0 Å². The van der Waals surface area contributed by atoms with Gasteiger partial charge in [-0.3, -0.25) is 0 Å². The molecule has 0 aromatic carbocycles. The van der Waals surface area contributed by atoms with E-state index in [1.54, 1.807) is 6.92 Å². The van der Waals surface area contributed by atoms with Crippen LogP contribution in [0.4, 0.5) is 14.6 Å². The molecule has 2 N–H and O–H groups in total. The molecule has 0 radical (unpaired) electrons. The third kappa shape index (κ3) is 5.12. The summed E-state index contributed by atoms with van der Waals surface area (Å²) in [5, 5.41) is 0. The Balaban J connectivity index is 2.54. The molecule has 0 atom stereocenters. The van der Waals surface area contributed by atoms with Gasteiger partial charge in [0.05, 0.1) is 13.2 Å². The number of halogens is 2. The molecule has 106 valence electrons. The summed E-state index contributed by atoms with van der Waals surface area (Å²) in [4.78, 5) is 19.2. The Labute approximate surface area is 108 Å². The van der Waals surface area contributed by atoms with Crippen molar-refractivity contribution >= 4 is 11.8 Å². The summed E-state index contributed by atoms with van der Waals surface area (Å²) in [5.41, 5.74) is 5.67. The van der Waals surface area contributed by atoms with Gasteiger partial charge in [-0.15, -0.1) is 0 Å². The van der Waals surface area contributed by atoms with E-state index in [1.807, 2.05) is 0 Å². The Bertz CT molecular complexity index is 430. The maximum atomic E-state index is 11.8. The van der Waals surface area contributed by atoms with Crippen LogP contribution in [0.15, 0.2) is 6.20 Å². The number of esters is 1.